The highest BCUT2D eigenvalue weighted by molar-refractivity contribution is 5.94. The van der Waals surface area contributed by atoms with E-state index in [2.05, 4.69) is 5.32 Å². The Morgan fingerprint density at radius 2 is 1.78 bits per heavy atom. The lowest BCUT2D eigenvalue weighted by Gasteiger charge is -2.31. The number of rotatable bonds is 2. The lowest BCUT2D eigenvalue weighted by Crippen LogP contribution is -2.43. The van der Waals surface area contributed by atoms with Gasteiger partial charge in [-0.3, -0.25) is 4.79 Å². The lowest BCUT2D eigenvalue weighted by atomic mass is 10.0. The summed E-state index contributed by atoms with van der Waals surface area (Å²) in [6.45, 7) is 4.05. The SMILES string of the molecule is Cc1ccc(C(=O)N(C)C2CCNCC2)cc1.Cl. The predicted molar refractivity (Wildman–Crippen MR) is 76.4 cm³/mol. The van der Waals surface area contributed by atoms with Crippen LogP contribution in [0.1, 0.15) is 28.8 Å². The molecule has 0 saturated carbocycles. The molecule has 100 valence electrons. The molecule has 1 saturated heterocycles. The highest BCUT2D eigenvalue weighted by Crippen LogP contribution is 2.14. The van der Waals surface area contributed by atoms with Crippen LogP contribution in [0.15, 0.2) is 24.3 Å². The molecule has 1 N–H and O–H groups in total. The van der Waals surface area contributed by atoms with E-state index in [4.69, 9.17) is 0 Å². The number of hydrogen-bond acceptors (Lipinski definition) is 2. The van der Waals surface area contributed by atoms with E-state index in [0.717, 1.165) is 31.5 Å². The largest absolute Gasteiger partial charge is 0.339 e. The summed E-state index contributed by atoms with van der Waals surface area (Å²) in [5, 5.41) is 3.32. The number of hydrogen-bond donors (Lipinski definition) is 1. The normalized spacial score (nSPS) is 15.9. The number of nitrogens with zero attached hydrogens (tertiary/aromatic N) is 1. The first-order valence-electron chi connectivity index (χ1n) is 6.23. The summed E-state index contributed by atoms with van der Waals surface area (Å²) in [6, 6.07) is 8.18. The molecule has 3 nitrogen and oxygen atoms in total. The van der Waals surface area contributed by atoms with Gasteiger partial charge in [-0.25, -0.2) is 0 Å². The fourth-order valence-corrected chi connectivity index (χ4v) is 2.26. The standard InChI is InChI=1S/C14H20N2O.ClH/c1-11-3-5-12(6-4-11)14(17)16(2)13-7-9-15-10-8-13;/h3-6,13,15H,7-10H2,1-2H3;1H. The van der Waals surface area contributed by atoms with Crippen molar-refractivity contribution in [1.82, 2.24) is 10.2 Å². The Morgan fingerprint density at radius 3 is 2.33 bits per heavy atom. The Bertz CT molecular complexity index is 385. The zero-order valence-electron chi connectivity index (χ0n) is 11.0. The molecule has 1 heterocycles. The maximum Gasteiger partial charge on any atom is 0.253 e. The molecule has 0 spiro atoms. The molecule has 1 amide bonds. The number of benzene rings is 1. The topological polar surface area (TPSA) is 32.3 Å². The van der Waals surface area contributed by atoms with Crippen LogP contribution in [-0.2, 0) is 0 Å². The number of nitrogens with one attached hydrogen (secondary N) is 1. The molecular formula is C14H21ClN2O. The van der Waals surface area contributed by atoms with Crippen LogP contribution in [0.4, 0.5) is 0 Å². The second-order valence-electron chi connectivity index (χ2n) is 4.76. The molecule has 1 aliphatic rings. The summed E-state index contributed by atoms with van der Waals surface area (Å²) in [5.41, 5.74) is 1.97. The number of halogens is 1. The maximum absolute atomic E-state index is 12.3. The Labute approximate surface area is 115 Å². The van der Waals surface area contributed by atoms with Crippen molar-refractivity contribution < 1.29 is 4.79 Å². The fourth-order valence-electron chi connectivity index (χ4n) is 2.26. The van der Waals surface area contributed by atoms with Gasteiger partial charge in [0.15, 0.2) is 0 Å². The van der Waals surface area contributed by atoms with Crippen molar-refractivity contribution in [1.29, 1.82) is 0 Å². The molecule has 4 heteroatoms. The van der Waals surface area contributed by atoms with Gasteiger partial charge < -0.3 is 10.2 Å². The number of carbonyl (C=O) groups is 1. The predicted octanol–water partition coefficient (Wildman–Crippen LogP) is 2.24. The zero-order chi connectivity index (χ0) is 12.3. The average Bonchev–Trinajstić information content (AvgIpc) is 2.39. The van der Waals surface area contributed by atoms with Crippen LogP contribution in [0.25, 0.3) is 0 Å². The zero-order valence-corrected chi connectivity index (χ0v) is 11.8. The van der Waals surface area contributed by atoms with E-state index in [1.54, 1.807) is 0 Å². The maximum atomic E-state index is 12.3. The van der Waals surface area contributed by atoms with Crippen molar-refractivity contribution >= 4 is 18.3 Å². The Morgan fingerprint density at radius 1 is 1.22 bits per heavy atom. The number of carbonyl (C=O) groups excluding carboxylic acids is 1. The summed E-state index contributed by atoms with van der Waals surface area (Å²) in [6.07, 6.45) is 2.10. The average molecular weight is 269 g/mol. The fraction of sp³-hybridized carbons (Fsp3) is 0.500. The molecule has 0 unspecified atom stereocenters. The summed E-state index contributed by atoms with van der Waals surface area (Å²) in [5.74, 6) is 0.136. The second-order valence-corrected chi connectivity index (χ2v) is 4.76. The van der Waals surface area contributed by atoms with Crippen LogP contribution < -0.4 is 5.32 Å². The molecule has 1 aromatic carbocycles. The van der Waals surface area contributed by atoms with Crippen molar-refractivity contribution in [2.75, 3.05) is 20.1 Å². The minimum Gasteiger partial charge on any atom is -0.339 e. The van der Waals surface area contributed by atoms with Gasteiger partial charge in [0, 0.05) is 18.7 Å². The molecule has 0 aromatic heterocycles. The van der Waals surface area contributed by atoms with Crippen molar-refractivity contribution in [3.63, 3.8) is 0 Å². The minimum absolute atomic E-state index is 0. The van der Waals surface area contributed by atoms with Gasteiger partial charge in [-0.05, 0) is 45.0 Å². The van der Waals surface area contributed by atoms with Gasteiger partial charge in [0.2, 0.25) is 0 Å². The van der Waals surface area contributed by atoms with Crippen LogP contribution in [-0.4, -0.2) is 37.0 Å². The molecule has 1 aromatic rings. The summed E-state index contributed by atoms with van der Waals surface area (Å²) in [7, 11) is 1.91. The lowest BCUT2D eigenvalue weighted by molar-refractivity contribution is 0.0703. The number of aryl methyl sites for hydroxylation is 1. The highest BCUT2D eigenvalue weighted by atomic mass is 35.5. The summed E-state index contributed by atoms with van der Waals surface area (Å²) >= 11 is 0. The van der Waals surface area contributed by atoms with Gasteiger partial charge in [-0.2, -0.15) is 0 Å². The van der Waals surface area contributed by atoms with Crippen LogP contribution in [0, 0.1) is 6.92 Å². The van der Waals surface area contributed by atoms with Gasteiger partial charge >= 0.3 is 0 Å². The molecule has 0 bridgehead atoms. The molecule has 1 aliphatic heterocycles. The number of piperidine rings is 1. The van der Waals surface area contributed by atoms with Crippen molar-refractivity contribution in [3.05, 3.63) is 35.4 Å². The van der Waals surface area contributed by atoms with Crippen LogP contribution in [0.2, 0.25) is 0 Å². The third kappa shape index (κ3) is 3.47. The smallest absolute Gasteiger partial charge is 0.253 e. The summed E-state index contributed by atoms with van der Waals surface area (Å²) in [4.78, 5) is 14.2. The third-order valence-electron chi connectivity index (χ3n) is 3.48. The third-order valence-corrected chi connectivity index (χ3v) is 3.48. The van der Waals surface area contributed by atoms with Gasteiger partial charge in [0.25, 0.3) is 5.91 Å². The van der Waals surface area contributed by atoms with E-state index in [1.807, 2.05) is 43.1 Å². The van der Waals surface area contributed by atoms with E-state index in [0.29, 0.717) is 6.04 Å². The van der Waals surface area contributed by atoms with E-state index in [1.165, 1.54) is 5.56 Å². The van der Waals surface area contributed by atoms with Crippen LogP contribution in [0.5, 0.6) is 0 Å². The van der Waals surface area contributed by atoms with Crippen molar-refractivity contribution in [2.45, 2.75) is 25.8 Å². The molecule has 0 radical (unpaired) electrons. The molecule has 2 rings (SSSR count). The molecule has 1 fully saturated rings. The molecular weight excluding hydrogens is 248 g/mol. The van der Waals surface area contributed by atoms with Crippen LogP contribution in [0.3, 0.4) is 0 Å². The van der Waals surface area contributed by atoms with E-state index in [-0.39, 0.29) is 18.3 Å². The van der Waals surface area contributed by atoms with Gasteiger partial charge in [0.05, 0.1) is 0 Å². The first-order valence-corrected chi connectivity index (χ1v) is 6.23. The van der Waals surface area contributed by atoms with Gasteiger partial charge in [-0.1, -0.05) is 17.7 Å². The van der Waals surface area contributed by atoms with E-state index < -0.39 is 0 Å². The number of amides is 1. The Hall–Kier alpha value is -1.06. The minimum atomic E-state index is 0. The van der Waals surface area contributed by atoms with Gasteiger partial charge in [-0.15, -0.1) is 12.4 Å². The Balaban J connectivity index is 0.00000162. The van der Waals surface area contributed by atoms with Crippen LogP contribution >= 0.6 is 12.4 Å². The molecule has 0 aliphatic carbocycles. The first-order chi connectivity index (χ1) is 8.18. The molecule has 18 heavy (non-hydrogen) atoms. The quantitative estimate of drug-likeness (QED) is 0.892. The van der Waals surface area contributed by atoms with Crippen molar-refractivity contribution in [3.8, 4) is 0 Å². The van der Waals surface area contributed by atoms with E-state index in [9.17, 15) is 4.79 Å². The van der Waals surface area contributed by atoms with Gasteiger partial charge in [0.1, 0.15) is 0 Å². The van der Waals surface area contributed by atoms with E-state index >= 15 is 0 Å². The second kappa shape index (κ2) is 6.76. The molecule has 0 atom stereocenters. The first kappa shape index (κ1) is 15.0. The highest BCUT2D eigenvalue weighted by Gasteiger charge is 2.22. The summed E-state index contributed by atoms with van der Waals surface area (Å²) < 4.78 is 0. The van der Waals surface area contributed by atoms with Crippen molar-refractivity contribution in [2.24, 2.45) is 0 Å². The monoisotopic (exact) mass is 268 g/mol. The Kier molecular flexibility index (Phi) is 5.63.